The number of aromatic nitrogens is 1. The molecule has 1 amide bonds. The largest absolute Gasteiger partial charge is 0.462 e. The topological polar surface area (TPSA) is 72.0 Å². The van der Waals surface area contributed by atoms with Crippen molar-refractivity contribution in [3.05, 3.63) is 23.9 Å². The molecule has 0 bridgehead atoms. The number of anilines is 1. The highest BCUT2D eigenvalue weighted by Crippen LogP contribution is 2.22. The Balaban J connectivity index is 2.01. The molecule has 0 aliphatic carbocycles. The summed E-state index contributed by atoms with van der Waals surface area (Å²) in [6, 6.07) is 3.61. The number of pyridine rings is 1. The Kier molecular flexibility index (Phi) is 6.45. The SMILES string of the molecule is CCOC(=O)c1ccc(N2CCCC(N(C)C(=O)OC(C)(C)C)C2)nc1. The second-order valence-electron chi connectivity index (χ2n) is 7.46. The molecule has 1 aromatic heterocycles. The second kappa shape index (κ2) is 8.38. The van der Waals surface area contributed by atoms with Gasteiger partial charge in [-0.2, -0.15) is 0 Å². The van der Waals surface area contributed by atoms with Gasteiger partial charge in [0, 0.05) is 26.3 Å². The van der Waals surface area contributed by atoms with Crippen LogP contribution >= 0.6 is 0 Å². The van der Waals surface area contributed by atoms with Gasteiger partial charge < -0.3 is 19.3 Å². The van der Waals surface area contributed by atoms with Crippen molar-refractivity contribution in [3.8, 4) is 0 Å². The Hall–Kier alpha value is -2.31. The van der Waals surface area contributed by atoms with Gasteiger partial charge >= 0.3 is 12.1 Å². The predicted molar refractivity (Wildman–Crippen MR) is 99.4 cm³/mol. The Bertz CT molecular complexity index is 625. The molecule has 2 rings (SSSR count). The Labute approximate surface area is 155 Å². The van der Waals surface area contributed by atoms with E-state index in [2.05, 4.69) is 9.88 Å². The van der Waals surface area contributed by atoms with Gasteiger partial charge in [0.1, 0.15) is 11.4 Å². The Morgan fingerprint density at radius 3 is 2.65 bits per heavy atom. The van der Waals surface area contributed by atoms with Crippen molar-refractivity contribution in [2.45, 2.75) is 52.2 Å². The first-order valence-corrected chi connectivity index (χ1v) is 9.05. The fourth-order valence-corrected chi connectivity index (χ4v) is 2.87. The van der Waals surface area contributed by atoms with E-state index in [0.717, 1.165) is 25.2 Å². The Morgan fingerprint density at radius 1 is 1.35 bits per heavy atom. The van der Waals surface area contributed by atoms with Crippen LogP contribution in [0.3, 0.4) is 0 Å². The average Bonchev–Trinajstić information content (AvgIpc) is 2.60. The van der Waals surface area contributed by atoms with Gasteiger partial charge in [-0.05, 0) is 52.7 Å². The van der Waals surface area contributed by atoms with E-state index in [4.69, 9.17) is 9.47 Å². The monoisotopic (exact) mass is 363 g/mol. The number of piperidine rings is 1. The fourth-order valence-electron chi connectivity index (χ4n) is 2.87. The number of esters is 1. The molecule has 1 unspecified atom stereocenters. The van der Waals surface area contributed by atoms with E-state index in [1.165, 1.54) is 6.20 Å². The molecule has 7 nitrogen and oxygen atoms in total. The van der Waals surface area contributed by atoms with Gasteiger partial charge in [-0.15, -0.1) is 0 Å². The summed E-state index contributed by atoms with van der Waals surface area (Å²) in [5, 5.41) is 0. The first-order valence-electron chi connectivity index (χ1n) is 9.05. The highest BCUT2D eigenvalue weighted by molar-refractivity contribution is 5.89. The van der Waals surface area contributed by atoms with E-state index in [0.29, 0.717) is 18.7 Å². The van der Waals surface area contributed by atoms with Crippen LogP contribution in [0, 0.1) is 0 Å². The summed E-state index contributed by atoms with van der Waals surface area (Å²) in [6.07, 6.45) is 3.11. The van der Waals surface area contributed by atoms with Gasteiger partial charge in [0.25, 0.3) is 0 Å². The van der Waals surface area contributed by atoms with Crippen LogP contribution in [0.1, 0.15) is 50.9 Å². The minimum Gasteiger partial charge on any atom is -0.462 e. The summed E-state index contributed by atoms with van der Waals surface area (Å²) in [5.41, 5.74) is -0.0699. The number of carbonyl (C=O) groups excluding carboxylic acids is 2. The number of hydrogen-bond donors (Lipinski definition) is 0. The van der Waals surface area contributed by atoms with Crippen LogP contribution in [0.15, 0.2) is 18.3 Å². The lowest BCUT2D eigenvalue weighted by Gasteiger charge is -2.38. The third-order valence-electron chi connectivity index (χ3n) is 4.21. The van der Waals surface area contributed by atoms with Gasteiger partial charge in [-0.1, -0.05) is 0 Å². The van der Waals surface area contributed by atoms with Crippen LogP contribution in [0.2, 0.25) is 0 Å². The molecule has 1 aromatic rings. The minimum absolute atomic E-state index is 0.0603. The van der Waals surface area contributed by atoms with Crippen molar-refractivity contribution in [1.29, 1.82) is 0 Å². The average molecular weight is 363 g/mol. The molecule has 0 spiro atoms. The summed E-state index contributed by atoms with van der Waals surface area (Å²) >= 11 is 0. The first-order chi connectivity index (χ1) is 12.2. The Morgan fingerprint density at radius 2 is 2.08 bits per heavy atom. The van der Waals surface area contributed by atoms with Crippen LogP contribution in [0.25, 0.3) is 0 Å². The van der Waals surface area contributed by atoms with E-state index in [9.17, 15) is 9.59 Å². The number of rotatable bonds is 4. The second-order valence-corrected chi connectivity index (χ2v) is 7.46. The fraction of sp³-hybridized carbons (Fsp3) is 0.632. The quantitative estimate of drug-likeness (QED) is 0.766. The van der Waals surface area contributed by atoms with Crippen molar-refractivity contribution >= 4 is 17.9 Å². The van der Waals surface area contributed by atoms with Crippen molar-refractivity contribution in [2.75, 3.05) is 31.6 Å². The molecular weight excluding hydrogens is 334 g/mol. The maximum Gasteiger partial charge on any atom is 0.410 e. The number of amides is 1. The minimum atomic E-state index is -0.510. The van der Waals surface area contributed by atoms with Gasteiger partial charge in [0.05, 0.1) is 18.2 Å². The van der Waals surface area contributed by atoms with Gasteiger partial charge in [-0.3, -0.25) is 0 Å². The summed E-state index contributed by atoms with van der Waals surface area (Å²) in [5.74, 6) is 0.424. The summed E-state index contributed by atoms with van der Waals surface area (Å²) in [4.78, 5) is 32.2. The number of carbonyl (C=O) groups is 2. The van der Waals surface area contributed by atoms with Crippen LogP contribution in [-0.4, -0.2) is 60.3 Å². The van der Waals surface area contributed by atoms with Crippen LogP contribution in [0.4, 0.5) is 10.6 Å². The number of hydrogen-bond acceptors (Lipinski definition) is 6. The van der Waals surface area contributed by atoms with Gasteiger partial charge in [0.15, 0.2) is 0 Å². The highest BCUT2D eigenvalue weighted by atomic mass is 16.6. The molecule has 1 atom stereocenters. The van der Waals surface area contributed by atoms with Crippen LogP contribution in [0.5, 0.6) is 0 Å². The molecular formula is C19H29N3O4. The summed E-state index contributed by atoms with van der Waals surface area (Å²) < 4.78 is 10.4. The van der Waals surface area contributed by atoms with E-state index in [-0.39, 0.29) is 18.1 Å². The third-order valence-corrected chi connectivity index (χ3v) is 4.21. The summed E-state index contributed by atoms with van der Waals surface area (Å²) in [7, 11) is 1.78. The lowest BCUT2D eigenvalue weighted by molar-refractivity contribution is 0.0209. The van der Waals surface area contributed by atoms with Crippen LogP contribution < -0.4 is 4.90 Å². The molecule has 144 valence electrons. The van der Waals surface area contributed by atoms with Crippen molar-refractivity contribution in [3.63, 3.8) is 0 Å². The normalized spacial score (nSPS) is 17.6. The molecule has 1 aliphatic rings. The van der Waals surface area contributed by atoms with Gasteiger partial charge in [0.2, 0.25) is 0 Å². The summed E-state index contributed by atoms with van der Waals surface area (Å²) in [6.45, 7) is 9.24. The highest BCUT2D eigenvalue weighted by Gasteiger charge is 2.29. The zero-order valence-corrected chi connectivity index (χ0v) is 16.3. The van der Waals surface area contributed by atoms with Crippen molar-refractivity contribution in [1.82, 2.24) is 9.88 Å². The van der Waals surface area contributed by atoms with Gasteiger partial charge in [-0.25, -0.2) is 14.6 Å². The van der Waals surface area contributed by atoms with E-state index < -0.39 is 5.60 Å². The molecule has 0 radical (unpaired) electrons. The number of nitrogens with zero attached hydrogens (tertiary/aromatic N) is 3. The molecule has 1 fully saturated rings. The molecule has 0 N–H and O–H groups in total. The first kappa shape index (κ1) is 20.0. The zero-order valence-electron chi connectivity index (χ0n) is 16.3. The lowest BCUT2D eigenvalue weighted by atomic mass is 10.0. The molecule has 1 aliphatic heterocycles. The molecule has 2 heterocycles. The third kappa shape index (κ3) is 5.34. The van der Waals surface area contributed by atoms with E-state index >= 15 is 0 Å². The molecule has 1 saturated heterocycles. The van der Waals surface area contributed by atoms with E-state index in [1.807, 2.05) is 26.8 Å². The standard InChI is InChI=1S/C19H29N3O4/c1-6-25-17(23)14-9-10-16(20-12-14)22-11-7-8-15(13-22)21(5)18(24)26-19(2,3)4/h9-10,12,15H,6-8,11,13H2,1-5H3. The zero-order chi connectivity index (χ0) is 19.3. The molecule has 7 heteroatoms. The van der Waals surface area contributed by atoms with E-state index in [1.54, 1.807) is 24.9 Å². The smallest absolute Gasteiger partial charge is 0.410 e. The maximum atomic E-state index is 12.3. The lowest BCUT2D eigenvalue weighted by Crippen LogP contribution is -2.50. The molecule has 26 heavy (non-hydrogen) atoms. The predicted octanol–water partition coefficient (Wildman–Crippen LogP) is 3.09. The molecule has 0 aromatic carbocycles. The van der Waals surface area contributed by atoms with Crippen LogP contribution in [-0.2, 0) is 9.47 Å². The maximum absolute atomic E-state index is 12.3. The number of likely N-dealkylation sites (N-methyl/N-ethyl adjacent to an activating group) is 1. The molecule has 0 saturated carbocycles. The number of ether oxygens (including phenoxy) is 2. The van der Waals surface area contributed by atoms with Crippen molar-refractivity contribution < 1.29 is 19.1 Å². The van der Waals surface area contributed by atoms with Crippen molar-refractivity contribution in [2.24, 2.45) is 0 Å².